The van der Waals surface area contributed by atoms with Crippen LogP contribution in [-0.2, 0) is 0 Å². The molecule has 0 bridgehead atoms. The van der Waals surface area contributed by atoms with Gasteiger partial charge in [-0.2, -0.15) is 15.1 Å². The normalized spacial score (nSPS) is 10.5. The molecule has 1 aromatic carbocycles. The highest BCUT2D eigenvalue weighted by Crippen LogP contribution is 2.27. The van der Waals surface area contributed by atoms with Gasteiger partial charge in [0.05, 0.1) is 24.4 Å². The minimum absolute atomic E-state index is 0.468. The Morgan fingerprint density at radius 3 is 2.85 bits per heavy atom. The fourth-order valence-electron chi connectivity index (χ4n) is 1.95. The van der Waals surface area contributed by atoms with Crippen LogP contribution in [0.2, 0.25) is 0 Å². The van der Waals surface area contributed by atoms with Crippen molar-refractivity contribution in [3.63, 3.8) is 0 Å². The lowest BCUT2D eigenvalue weighted by Crippen LogP contribution is -2.02. The fourth-order valence-corrected chi connectivity index (χ4v) is 1.95. The third-order valence-corrected chi connectivity index (χ3v) is 2.90. The first-order chi connectivity index (χ1) is 9.81. The van der Waals surface area contributed by atoms with Gasteiger partial charge < -0.3 is 15.4 Å². The molecule has 2 aromatic heterocycles. The number of nitrogens with zero attached hydrogens (tertiary/aromatic N) is 3. The van der Waals surface area contributed by atoms with E-state index in [2.05, 4.69) is 30.8 Å². The summed E-state index contributed by atoms with van der Waals surface area (Å²) in [6.07, 6.45) is 1.69. The van der Waals surface area contributed by atoms with Crippen LogP contribution in [0.25, 0.3) is 11.0 Å². The van der Waals surface area contributed by atoms with Gasteiger partial charge in [0.15, 0.2) is 5.65 Å². The van der Waals surface area contributed by atoms with E-state index in [1.54, 1.807) is 13.3 Å². The molecule has 0 saturated carbocycles. The van der Waals surface area contributed by atoms with Crippen molar-refractivity contribution >= 4 is 28.5 Å². The molecule has 102 valence electrons. The van der Waals surface area contributed by atoms with Crippen molar-refractivity contribution in [3.8, 4) is 5.75 Å². The van der Waals surface area contributed by atoms with Gasteiger partial charge in [0.1, 0.15) is 11.6 Å². The van der Waals surface area contributed by atoms with Crippen LogP contribution in [-0.4, -0.2) is 34.3 Å². The molecular weight excluding hydrogens is 256 g/mol. The molecule has 0 aliphatic heterocycles. The molecule has 3 N–H and O–H groups in total. The van der Waals surface area contributed by atoms with Gasteiger partial charge in [-0.15, -0.1) is 0 Å². The van der Waals surface area contributed by atoms with Crippen LogP contribution >= 0.6 is 0 Å². The summed E-state index contributed by atoms with van der Waals surface area (Å²) in [6, 6.07) is 7.59. The van der Waals surface area contributed by atoms with Crippen LogP contribution in [0.5, 0.6) is 5.75 Å². The number of methoxy groups -OCH3 is 1. The highest BCUT2D eigenvalue weighted by Gasteiger charge is 2.10. The molecule has 0 spiro atoms. The fraction of sp³-hybridized carbons (Fsp3) is 0.154. The van der Waals surface area contributed by atoms with Gasteiger partial charge in [0.2, 0.25) is 5.95 Å². The maximum atomic E-state index is 5.29. The molecule has 0 atom stereocenters. The summed E-state index contributed by atoms with van der Waals surface area (Å²) in [5.74, 6) is 1.91. The summed E-state index contributed by atoms with van der Waals surface area (Å²) < 4.78 is 5.29. The number of benzene rings is 1. The van der Waals surface area contributed by atoms with Crippen molar-refractivity contribution in [2.45, 2.75) is 0 Å². The first-order valence-corrected chi connectivity index (χ1v) is 6.10. The van der Waals surface area contributed by atoms with Crippen LogP contribution in [0, 0.1) is 0 Å². The minimum atomic E-state index is 0.468. The van der Waals surface area contributed by atoms with E-state index in [0.717, 1.165) is 16.8 Å². The topological polar surface area (TPSA) is 87.8 Å². The summed E-state index contributed by atoms with van der Waals surface area (Å²) >= 11 is 0. The van der Waals surface area contributed by atoms with E-state index in [-0.39, 0.29) is 0 Å². The standard InChI is InChI=1S/C13H14N6O/c1-14-11-8-7-15-19-12(8)18-13(17-11)16-9-5-3-4-6-10(9)20-2/h3-7H,1-2H3,(H3,14,15,16,17,18,19). The zero-order valence-electron chi connectivity index (χ0n) is 11.1. The van der Waals surface area contributed by atoms with Gasteiger partial charge in [-0.3, -0.25) is 5.10 Å². The van der Waals surface area contributed by atoms with Crippen LogP contribution < -0.4 is 15.4 Å². The minimum Gasteiger partial charge on any atom is -0.495 e. The van der Waals surface area contributed by atoms with Gasteiger partial charge in [0, 0.05) is 7.05 Å². The average Bonchev–Trinajstić information content (AvgIpc) is 2.95. The number of aromatic amines is 1. The third kappa shape index (κ3) is 2.09. The Morgan fingerprint density at radius 1 is 1.20 bits per heavy atom. The smallest absolute Gasteiger partial charge is 0.231 e. The first-order valence-electron chi connectivity index (χ1n) is 6.10. The number of hydrogen-bond donors (Lipinski definition) is 3. The zero-order chi connectivity index (χ0) is 13.9. The Labute approximate surface area is 115 Å². The molecule has 7 heteroatoms. The van der Waals surface area contributed by atoms with E-state index < -0.39 is 0 Å². The predicted molar refractivity (Wildman–Crippen MR) is 77.5 cm³/mol. The lowest BCUT2D eigenvalue weighted by Gasteiger charge is -2.10. The Hall–Kier alpha value is -2.83. The Morgan fingerprint density at radius 2 is 2.05 bits per heavy atom. The number of ether oxygens (including phenoxy) is 1. The van der Waals surface area contributed by atoms with E-state index in [4.69, 9.17) is 4.74 Å². The highest BCUT2D eigenvalue weighted by atomic mass is 16.5. The average molecular weight is 270 g/mol. The quantitative estimate of drug-likeness (QED) is 0.673. The van der Waals surface area contributed by atoms with Crippen molar-refractivity contribution in [1.29, 1.82) is 0 Å². The molecule has 3 aromatic rings. The van der Waals surface area contributed by atoms with Crippen LogP contribution in [0.1, 0.15) is 0 Å². The maximum absolute atomic E-state index is 5.29. The monoisotopic (exact) mass is 270 g/mol. The van der Waals surface area contributed by atoms with Crippen molar-refractivity contribution in [3.05, 3.63) is 30.5 Å². The van der Waals surface area contributed by atoms with Crippen molar-refractivity contribution < 1.29 is 4.74 Å². The molecule has 0 saturated heterocycles. The molecule has 3 rings (SSSR count). The molecule has 0 aliphatic carbocycles. The number of hydrogen-bond acceptors (Lipinski definition) is 6. The number of nitrogens with one attached hydrogen (secondary N) is 3. The molecule has 0 aliphatic rings. The highest BCUT2D eigenvalue weighted by molar-refractivity contribution is 5.87. The third-order valence-electron chi connectivity index (χ3n) is 2.90. The second-order valence-electron chi connectivity index (χ2n) is 4.10. The van der Waals surface area contributed by atoms with E-state index in [1.165, 1.54) is 0 Å². The maximum Gasteiger partial charge on any atom is 0.231 e. The summed E-state index contributed by atoms with van der Waals surface area (Å²) in [6.45, 7) is 0. The summed E-state index contributed by atoms with van der Waals surface area (Å²) in [5, 5.41) is 13.8. The Balaban J connectivity index is 2.02. The van der Waals surface area contributed by atoms with Gasteiger partial charge in [-0.25, -0.2) is 0 Å². The molecule has 0 amide bonds. The second kappa shape index (κ2) is 5.04. The van der Waals surface area contributed by atoms with Gasteiger partial charge in [-0.1, -0.05) is 12.1 Å². The SMILES string of the molecule is CNc1nc(Nc2ccccc2OC)nc2[nH]ncc12. The van der Waals surface area contributed by atoms with Crippen molar-refractivity contribution in [2.24, 2.45) is 0 Å². The van der Waals surface area contributed by atoms with Crippen molar-refractivity contribution in [1.82, 2.24) is 20.2 Å². The number of aromatic nitrogens is 4. The van der Waals surface area contributed by atoms with E-state index in [9.17, 15) is 0 Å². The Bertz CT molecular complexity index is 739. The lowest BCUT2D eigenvalue weighted by molar-refractivity contribution is 0.417. The van der Waals surface area contributed by atoms with Crippen LogP contribution in [0.4, 0.5) is 17.5 Å². The molecule has 2 heterocycles. The number of fused-ring (bicyclic) bond motifs is 1. The Kier molecular flexibility index (Phi) is 3.08. The van der Waals surface area contributed by atoms with Crippen molar-refractivity contribution in [2.75, 3.05) is 24.8 Å². The lowest BCUT2D eigenvalue weighted by atomic mass is 10.3. The summed E-state index contributed by atoms with van der Waals surface area (Å²) in [7, 11) is 3.43. The molecule has 7 nitrogen and oxygen atoms in total. The second-order valence-corrected chi connectivity index (χ2v) is 4.10. The predicted octanol–water partition coefficient (Wildman–Crippen LogP) is 2.15. The van der Waals surface area contributed by atoms with Gasteiger partial charge >= 0.3 is 0 Å². The number of rotatable bonds is 4. The van der Waals surface area contributed by atoms with E-state index in [0.29, 0.717) is 17.4 Å². The molecular formula is C13H14N6O. The van der Waals surface area contributed by atoms with E-state index >= 15 is 0 Å². The largest absolute Gasteiger partial charge is 0.495 e. The molecule has 0 unspecified atom stereocenters. The molecule has 20 heavy (non-hydrogen) atoms. The van der Waals surface area contributed by atoms with Crippen LogP contribution in [0.3, 0.4) is 0 Å². The summed E-state index contributed by atoms with van der Waals surface area (Å²) in [4.78, 5) is 8.79. The van der Waals surface area contributed by atoms with Crippen LogP contribution in [0.15, 0.2) is 30.5 Å². The number of H-pyrrole nitrogens is 1. The van der Waals surface area contributed by atoms with E-state index in [1.807, 2.05) is 31.3 Å². The summed E-state index contributed by atoms with van der Waals surface area (Å²) in [5.41, 5.74) is 1.47. The van der Waals surface area contributed by atoms with Gasteiger partial charge in [0.25, 0.3) is 0 Å². The zero-order valence-corrected chi connectivity index (χ0v) is 11.1. The molecule has 0 radical (unpaired) electrons. The number of anilines is 3. The molecule has 0 fully saturated rings. The number of para-hydroxylation sites is 2. The van der Waals surface area contributed by atoms with Gasteiger partial charge in [-0.05, 0) is 12.1 Å². The first kappa shape index (κ1) is 12.2.